The fraction of sp³-hybridized carbons (Fsp3) is 0. The quantitative estimate of drug-likeness (QED) is 0.166. The Morgan fingerprint density at radius 1 is 0.821 bits per heavy atom. The summed E-state index contributed by atoms with van der Waals surface area (Å²) in [4.78, 5) is 0. The Kier molecular flexibility index (Phi) is 3.26. The molecule has 0 spiro atoms. The molecule has 0 atom stereocenters. The van der Waals surface area contributed by atoms with E-state index in [1.54, 1.807) is 0 Å². The Bertz CT molecular complexity index is 1440. The van der Waals surface area contributed by atoms with Gasteiger partial charge in [0.25, 0.3) is 0 Å². The summed E-state index contributed by atoms with van der Waals surface area (Å²) in [6, 6.07) is 29.3. The zero-order chi connectivity index (χ0) is 18.7. The van der Waals surface area contributed by atoms with Crippen molar-refractivity contribution in [3.63, 3.8) is 0 Å². The number of hydrogen-bond acceptors (Lipinski definition) is 0. The molecule has 0 unspecified atom stereocenters. The van der Waals surface area contributed by atoms with Crippen molar-refractivity contribution in [1.29, 1.82) is 0 Å². The highest BCUT2D eigenvalue weighted by Crippen LogP contribution is 2.42. The van der Waals surface area contributed by atoms with Crippen molar-refractivity contribution < 1.29 is 4.58 Å². The van der Waals surface area contributed by atoms with Crippen LogP contribution in [0.1, 0.15) is 11.1 Å². The van der Waals surface area contributed by atoms with Gasteiger partial charge in [0.1, 0.15) is 11.3 Å². The van der Waals surface area contributed by atoms with Crippen LogP contribution in [0.2, 0.25) is 0 Å². The Morgan fingerprint density at radius 3 is 2.64 bits per heavy atom. The summed E-state index contributed by atoms with van der Waals surface area (Å²) in [6.07, 6.45) is 4.45. The zero-order valence-electron chi connectivity index (χ0n) is 15.2. The fourth-order valence-corrected chi connectivity index (χ4v) is 5.49. The third kappa shape index (κ3) is 2.12. The molecular formula is C26H17NS. The maximum absolute atomic E-state index is 4.41. The average molecular weight is 375 g/mol. The minimum Gasteiger partial charge on any atom is -0.248 e. The maximum Gasteiger partial charge on any atom is 0.160 e. The monoisotopic (exact) mass is 375 g/mol. The molecule has 0 radical (unpaired) electrons. The number of hydrogen-bond donors (Lipinski definition) is 0. The molecule has 132 valence electrons. The second kappa shape index (κ2) is 5.82. The van der Waals surface area contributed by atoms with Gasteiger partial charge in [-0.2, -0.15) is 0 Å². The molecule has 28 heavy (non-hydrogen) atoms. The van der Waals surface area contributed by atoms with E-state index in [-0.39, 0.29) is 0 Å². The van der Waals surface area contributed by atoms with Crippen LogP contribution >= 0.6 is 11.3 Å². The Labute approximate surface area is 167 Å². The van der Waals surface area contributed by atoms with Crippen LogP contribution in [-0.4, -0.2) is 11.3 Å². The molecule has 1 nitrogen and oxygen atoms in total. The molecule has 0 bridgehead atoms. The lowest BCUT2D eigenvalue weighted by Crippen LogP contribution is -2.15. The van der Waals surface area contributed by atoms with Gasteiger partial charge in [0.2, 0.25) is 0 Å². The molecule has 0 amide bonds. The Hall–Kier alpha value is -3.36. The lowest BCUT2D eigenvalue weighted by atomic mass is 9.94. The van der Waals surface area contributed by atoms with Crippen LogP contribution in [0.25, 0.3) is 37.0 Å². The zero-order valence-corrected chi connectivity index (χ0v) is 16.0. The molecule has 0 aliphatic carbocycles. The average Bonchev–Trinajstić information content (AvgIpc) is 3.13. The molecule has 6 rings (SSSR count). The predicted octanol–water partition coefficient (Wildman–Crippen LogP) is 7.16. The largest absolute Gasteiger partial charge is 0.248 e. The van der Waals surface area contributed by atoms with Crippen LogP contribution in [0.15, 0.2) is 84.9 Å². The topological polar surface area (TPSA) is 3.01 Å². The smallest absolute Gasteiger partial charge is 0.160 e. The molecule has 0 saturated carbocycles. The number of rotatable bonds is 1. The van der Waals surface area contributed by atoms with Crippen molar-refractivity contribution in [2.45, 2.75) is 0 Å². The van der Waals surface area contributed by atoms with Crippen LogP contribution in [0.4, 0.5) is 5.69 Å². The molecule has 1 aliphatic rings. The normalized spacial score (nSPS) is 13.6. The van der Waals surface area contributed by atoms with Gasteiger partial charge in [0.15, 0.2) is 21.1 Å². The van der Waals surface area contributed by atoms with Crippen molar-refractivity contribution in [3.05, 3.63) is 102 Å². The highest BCUT2D eigenvalue weighted by atomic mass is 32.1. The van der Waals surface area contributed by atoms with E-state index < -0.39 is 0 Å². The highest BCUT2D eigenvalue weighted by molar-refractivity contribution is 7.26. The lowest BCUT2D eigenvalue weighted by molar-refractivity contribution is -0.400. The summed E-state index contributed by atoms with van der Waals surface area (Å²) < 4.78 is 4.73. The first-order valence-corrected chi connectivity index (χ1v) is 10.2. The maximum atomic E-state index is 4.41. The fourth-order valence-electron chi connectivity index (χ4n) is 4.26. The number of fused-ring (bicyclic) bond motifs is 6. The number of thiophene rings is 1. The van der Waals surface area contributed by atoms with Crippen molar-refractivity contribution in [2.24, 2.45) is 0 Å². The van der Waals surface area contributed by atoms with Gasteiger partial charge in [-0.05, 0) is 33.9 Å². The molecule has 2 heteroatoms. The first-order chi connectivity index (χ1) is 13.8. The third-order valence-electron chi connectivity index (χ3n) is 5.62. The molecule has 1 aliphatic heterocycles. The summed E-state index contributed by atoms with van der Waals surface area (Å²) in [5.41, 5.74) is 3.62. The molecule has 4 aromatic carbocycles. The summed E-state index contributed by atoms with van der Waals surface area (Å²) in [5.74, 6) is 0. The molecule has 0 N–H and O–H groups in total. The molecule has 0 saturated heterocycles. The minimum atomic E-state index is 1.14. The van der Waals surface area contributed by atoms with Gasteiger partial charge in [0.05, 0.1) is 6.72 Å². The number of nitrogens with zero attached hydrogens (tertiary/aromatic N) is 1. The van der Waals surface area contributed by atoms with Gasteiger partial charge >= 0.3 is 0 Å². The van der Waals surface area contributed by atoms with Crippen molar-refractivity contribution in [1.82, 2.24) is 0 Å². The summed E-state index contributed by atoms with van der Waals surface area (Å²) in [6.45, 7) is 4.41. The highest BCUT2D eigenvalue weighted by Gasteiger charge is 2.26. The Balaban J connectivity index is 1.57. The van der Waals surface area contributed by atoms with E-state index in [2.05, 4.69) is 102 Å². The van der Waals surface area contributed by atoms with Crippen LogP contribution in [-0.2, 0) is 0 Å². The van der Waals surface area contributed by atoms with Gasteiger partial charge in [-0.1, -0.05) is 66.1 Å². The van der Waals surface area contributed by atoms with Crippen molar-refractivity contribution in [2.75, 3.05) is 0 Å². The number of benzene rings is 4. The van der Waals surface area contributed by atoms with Gasteiger partial charge in [-0.15, -0.1) is 18.2 Å². The first-order valence-electron chi connectivity index (χ1n) is 9.39. The van der Waals surface area contributed by atoms with Gasteiger partial charge in [0, 0.05) is 5.56 Å². The first kappa shape index (κ1) is 15.7. The standard InChI is InChI=1S/C26H17NS/c1-27-23-15-13-17-7-2-3-8-18(17)19(23)14-16-24(27)22-11-6-10-21-20-9-4-5-12-25(20)28-26(21)22/h2-16H,1H2. The van der Waals surface area contributed by atoms with Crippen LogP contribution in [0, 0.1) is 6.04 Å². The van der Waals surface area contributed by atoms with Gasteiger partial charge in [-0.25, -0.2) is 4.58 Å². The van der Waals surface area contributed by atoms with E-state index in [4.69, 9.17) is 0 Å². The van der Waals surface area contributed by atoms with Crippen molar-refractivity contribution >= 4 is 60.8 Å². The second-order valence-corrected chi connectivity index (χ2v) is 8.20. The SMILES string of the molecule is C=[N+]1c2ccc3ccccc3c2C=C[C-]1c1cccc2c1[s+][c-]1ccccc21. The molecule has 0 fully saturated rings. The summed E-state index contributed by atoms with van der Waals surface area (Å²) in [7, 11) is 0. The molecule has 2 heterocycles. The van der Waals surface area contributed by atoms with Crippen molar-refractivity contribution in [3.8, 4) is 0 Å². The summed E-state index contributed by atoms with van der Waals surface area (Å²) in [5, 5.41) is 5.17. The Morgan fingerprint density at radius 2 is 1.68 bits per heavy atom. The van der Waals surface area contributed by atoms with E-state index in [0.29, 0.717) is 0 Å². The molecular weight excluding hydrogens is 358 g/mol. The minimum absolute atomic E-state index is 1.14. The van der Waals surface area contributed by atoms with E-state index >= 15 is 0 Å². The third-order valence-corrected chi connectivity index (χ3v) is 6.84. The van der Waals surface area contributed by atoms with Gasteiger partial charge in [-0.3, -0.25) is 0 Å². The lowest BCUT2D eigenvalue weighted by Gasteiger charge is -2.23. The predicted molar refractivity (Wildman–Crippen MR) is 122 cm³/mol. The van der Waals surface area contributed by atoms with Crippen LogP contribution < -0.4 is 0 Å². The summed E-state index contributed by atoms with van der Waals surface area (Å²) >= 11 is 1.86. The second-order valence-electron chi connectivity index (χ2n) is 7.15. The van der Waals surface area contributed by atoms with Gasteiger partial charge < -0.3 is 0 Å². The van der Waals surface area contributed by atoms with E-state index in [0.717, 1.165) is 11.7 Å². The van der Waals surface area contributed by atoms with E-state index in [1.807, 2.05) is 11.3 Å². The van der Waals surface area contributed by atoms with E-state index in [1.165, 1.54) is 42.1 Å². The van der Waals surface area contributed by atoms with Crippen LogP contribution in [0.3, 0.4) is 0 Å². The van der Waals surface area contributed by atoms with Crippen LogP contribution in [0.5, 0.6) is 0 Å². The molecule has 5 aromatic rings. The van der Waals surface area contributed by atoms with E-state index in [9.17, 15) is 0 Å². The molecule has 1 aromatic heterocycles.